The molecule has 1 N–H and O–H groups in total. The summed E-state index contributed by atoms with van der Waals surface area (Å²) in [4.78, 5) is 10.8. The van der Waals surface area contributed by atoms with Crippen LogP contribution in [0.1, 0.15) is 12.5 Å². The van der Waals surface area contributed by atoms with Crippen LogP contribution in [0, 0.1) is 6.92 Å². The van der Waals surface area contributed by atoms with E-state index in [1.807, 2.05) is 0 Å². The average Bonchev–Trinajstić information content (AvgIpc) is 2.35. The Morgan fingerprint density at radius 3 is 2.67 bits per heavy atom. The van der Waals surface area contributed by atoms with Crippen LogP contribution in [0.3, 0.4) is 0 Å². The number of benzene rings is 1. The van der Waals surface area contributed by atoms with Crippen LogP contribution in [0.15, 0.2) is 27.6 Å². The van der Waals surface area contributed by atoms with Crippen LogP contribution >= 0.6 is 15.9 Å². The molecule has 1 heterocycles. The molecular formula is C13H16BrNO5S. The molecule has 0 amide bonds. The number of aryl methyl sites for hydroxylation is 1. The van der Waals surface area contributed by atoms with Gasteiger partial charge in [-0.15, -0.1) is 0 Å². The largest absolute Gasteiger partial charge is 0.480 e. The summed E-state index contributed by atoms with van der Waals surface area (Å²) in [6.45, 7) is 3.30. The Bertz CT molecular complexity index is 667. The van der Waals surface area contributed by atoms with E-state index in [-0.39, 0.29) is 18.0 Å². The maximum atomic E-state index is 12.5. The van der Waals surface area contributed by atoms with Gasteiger partial charge in [-0.3, -0.25) is 0 Å². The third-order valence-electron chi connectivity index (χ3n) is 3.33. The van der Waals surface area contributed by atoms with Crippen molar-refractivity contribution < 1.29 is 23.1 Å². The number of nitrogens with zero attached hydrogens (tertiary/aromatic N) is 1. The standard InChI is InChI=1S/C13H16BrNO5S/c1-9-3-4-10(14)5-11(9)21(18,19)15-7-13(2,8-15)20-6-12(16)17/h3-5H,6-8H2,1-2H3,(H,16,17). The lowest BCUT2D eigenvalue weighted by Gasteiger charge is -2.46. The van der Waals surface area contributed by atoms with Crippen LogP contribution in [0.4, 0.5) is 0 Å². The Labute approximate surface area is 131 Å². The maximum Gasteiger partial charge on any atom is 0.329 e. The lowest BCUT2D eigenvalue weighted by Crippen LogP contribution is -2.63. The van der Waals surface area contributed by atoms with Crippen LogP contribution < -0.4 is 0 Å². The first-order valence-corrected chi connectivity index (χ1v) is 8.49. The van der Waals surface area contributed by atoms with E-state index < -0.39 is 28.2 Å². The van der Waals surface area contributed by atoms with E-state index in [0.717, 1.165) is 0 Å². The zero-order valence-corrected chi connectivity index (χ0v) is 14.1. The van der Waals surface area contributed by atoms with Gasteiger partial charge >= 0.3 is 5.97 Å². The van der Waals surface area contributed by atoms with Crippen LogP contribution in [-0.4, -0.2) is 49.1 Å². The molecule has 1 aliphatic heterocycles. The molecule has 0 saturated carbocycles. The van der Waals surface area contributed by atoms with Gasteiger partial charge in [0.05, 0.1) is 10.5 Å². The van der Waals surface area contributed by atoms with Crippen molar-refractivity contribution in [1.82, 2.24) is 4.31 Å². The molecule has 1 fully saturated rings. The number of aliphatic carboxylic acids is 1. The summed E-state index contributed by atoms with van der Waals surface area (Å²) in [5.41, 5.74) is -0.0796. The number of halogens is 1. The van der Waals surface area contributed by atoms with Gasteiger partial charge in [-0.25, -0.2) is 13.2 Å². The van der Waals surface area contributed by atoms with Crippen LogP contribution in [-0.2, 0) is 19.6 Å². The molecule has 21 heavy (non-hydrogen) atoms. The van der Waals surface area contributed by atoms with Crippen molar-refractivity contribution in [2.45, 2.75) is 24.3 Å². The minimum absolute atomic E-state index is 0.147. The SMILES string of the molecule is Cc1ccc(Br)cc1S(=O)(=O)N1CC(C)(OCC(=O)O)C1. The quantitative estimate of drug-likeness (QED) is 0.842. The summed E-state index contributed by atoms with van der Waals surface area (Å²) in [5, 5.41) is 8.61. The second kappa shape index (κ2) is 5.68. The summed E-state index contributed by atoms with van der Waals surface area (Å²) in [6, 6.07) is 5.08. The van der Waals surface area contributed by atoms with Gasteiger partial charge in [-0.05, 0) is 31.5 Å². The van der Waals surface area contributed by atoms with Crippen molar-refractivity contribution in [2.75, 3.05) is 19.7 Å². The zero-order chi connectivity index (χ0) is 15.8. The van der Waals surface area contributed by atoms with Gasteiger partial charge in [0.25, 0.3) is 0 Å². The molecule has 2 rings (SSSR count). The number of carbonyl (C=O) groups is 1. The van der Waals surface area contributed by atoms with Gasteiger partial charge in [0.2, 0.25) is 10.0 Å². The molecule has 6 nitrogen and oxygen atoms in total. The monoisotopic (exact) mass is 377 g/mol. The number of hydrogen-bond acceptors (Lipinski definition) is 4. The van der Waals surface area contributed by atoms with E-state index in [1.165, 1.54) is 4.31 Å². The van der Waals surface area contributed by atoms with Crippen LogP contribution in [0.25, 0.3) is 0 Å². The van der Waals surface area contributed by atoms with Crippen molar-refractivity contribution in [2.24, 2.45) is 0 Å². The highest BCUT2D eigenvalue weighted by molar-refractivity contribution is 9.10. The number of carboxylic acids is 1. The fourth-order valence-electron chi connectivity index (χ4n) is 2.19. The summed E-state index contributed by atoms with van der Waals surface area (Å²) < 4.78 is 32.3. The Morgan fingerprint density at radius 1 is 1.48 bits per heavy atom. The number of rotatable bonds is 5. The van der Waals surface area contributed by atoms with Gasteiger partial charge in [0.15, 0.2) is 0 Å². The molecule has 1 aromatic rings. The zero-order valence-electron chi connectivity index (χ0n) is 11.7. The minimum Gasteiger partial charge on any atom is -0.480 e. The van der Waals surface area contributed by atoms with Crippen LogP contribution in [0.5, 0.6) is 0 Å². The highest BCUT2D eigenvalue weighted by Gasteiger charge is 2.46. The first kappa shape index (κ1) is 16.4. The number of sulfonamides is 1. The molecule has 1 aromatic carbocycles. The lowest BCUT2D eigenvalue weighted by molar-refractivity contribution is -0.157. The summed E-state index contributed by atoms with van der Waals surface area (Å²) in [5.74, 6) is -1.07. The molecule has 0 radical (unpaired) electrons. The number of ether oxygens (including phenoxy) is 1. The van der Waals surface area contributed by atoms with Gasteiger partial charge < -0.3 is 9.84 Å². The van der Waals surface area contributed by atoms with E-state index >= 15 is 0 Å². The molecular weight excluding hydrogens is 362 g/mol. The topological polar surface area (TPSA) is 83.9 Å². The van der Waals surface area contributed by atoms with E-state index in [2.05, 4.69) is 15.9 Å². The molecule has 1 saturated heterocycles. The molecule has 116 valence electrons. The third kappa shape index (κ3) is 3.45. The van der Waals surface area contributed by atoms with Crippen molar-refractivity contribution in [3.63, 3.8) is 0 Å². The van der Waals surface area contributed by atoms with E-state index in [0.29, 0.717) is 10.0 Å². The molecule has 0 atom stereocenters. The van der Waals surface area contributed by atoms with Gasteiger partial charge in [0.1, 0.15) is 6.61 Å². The van der Waals surface area contributed by atoms with Crippen molar-refractivity contribution in [3.8, 4) is 0 Å². The predicted octanol–water partition coefficient (Wildman–Crippen LogP) is 1.62. The molecule has 0 bridgehead atoms. The van der Waals surface area contributed by atoms with Crippen molar-refractivity contribution in [3.05, 3.63) is 28.2 Å². The van der Waals surface area contributed by atoms with Gasteiger partial charge in [-0.2, -0.15) is 4.31 Å². The number of carboxylic acid groups (broad SMARTS) is 1. The van der Waals surface area contributed by atoms with Crippen molar-refractivity contribution >= 4 is 31.9 Å². The normalized spacial score (nSPS) is 18.2. The Balaban J connectivity index is 2.13. The first-order chi connectivity index (χ1) is 9.64. The molecule has 1 aliphatic rings. The highest BCUT2D eigenvalue weighted by atomic mass is 79.9. The van der Waals surface area contributed by atoms with Crippen molar-refractivity contribution in [1.29, 1.82) is 0 Å². The van der Waals surface area contributed by atoms with Gasteiger partial charge in [-0.1, -0.05) is 22.0 Å². The summed E-state index contributed by atoms with van der Waals surface area (Å²) in [7, 11) is -3.59. The molecule has 0 aliphatic carbocycles. The summed E-state index contributed by atoms with van der Waals surface area (Å²) >= 11 is 3.27. The van der Waals surface area contributed by atoms with Gasteiger partial charge in [0, 0.05) is 17.6 Å². The Morgan fingerprint density at radius 2 is 2.10 bits per heavy atom. The fraction of sp³-hybridized carbons (Fsp3) is 0.462. The predicted molar refractivity (Wildman–Crippen MR) is 79.6 cm³/mol. The van der Waals surface area contributed by atoms with E-state index in [1.54, 1.807) is 32.0 Å². The van der Waals surface area contributed by atoms with E-state index in [9.17, 15) is 13.2 Å². The minimum atomic E-state index is -3.59. The lowest BCUT2D eigenvalue weighted by atomic mass is 10.0. The fourth-order valence-corrected chi connectivity index (χ4v) is 4.62. The summed E-state index contributed by atoms with van der Waals surface area (Å²) in [6.07, 6.45) is 0. The molecule has 8 heteroatoms. The second-order valence-corrected chi connectivity index (χ2v) is 8.14. The maximum absolute atomic E-state index is 12.5. The molecule has 0 unspecified atom stereocenters. The number of hydrogen-bond donors (Lipinski definition) is 1. The molecule has 0 spiro atoms. The Hall–Kier alpha value is -0.960. The second-order valence-electron chi connectivity index (χ2n) is 5.32. The Kier molecular flexibility index (Phi) is 4.44. The van der Waals surface area contributed by atoms with E-state index in [4.69, 9.17) is 9.84 Å². The smallest absolute Gasteiger partial charge is 0.329 e. The third-order valence-corrected chi connectivity index (χ3v) is 5.76. The molecule has 0 aromatic heterocycles. The average molecular weight is 378 g/mol. The first-order valence-electron chi connectivity index (χ1n) is 6.26. The highest BCUT2D eigenvalue weighted by Crippen LogP contribution is 2.32. The van der Waals surface area contributed by atoms with Crippen LogP contribution in [0.2, 0.25) is 0 Å².